The Morgan fingerprint density at radius 1 is 1.00 bits per heavy atom. The third-order valence-corrected chi connectivity index (χ3v) is 5.12. The molecule has 0 radical (unpaired) electrons. The topological polar surface area (TPSA) is 76.5 Å². The standard InChI is InChI=1S/C25H25N3O3/c1-4-31-20-10-8-18(15-21(20)30-3)23(28-22-14-16(2)11-13-26-22)19-9-7-17-6-5-12-27-24(17)25(19)29/h5-15,23,29H,4H2,1-3H3,(H,26,28)/t23-/m1/s1. The number of benzene rings is 2. The molecule has 0 amide bonds. The van der Waals surface area contributed by atoms with Crippen LogP contribution in [0.1, 0.15) is 29.7 Å². The number of anilines is 1. The first kappa shape index (κ1) is 20.5. The van der Waals surface area contributed by atoms with E-state index in [1.807, 2.05) is 68.4 Å². The first-order valence-electron chi connectivity index (χ1n) is 10.2. The minimum atomic E-state index is -0.384. The summed E-state index contributed by atoms with van der Waals surface area (Å²) in [5.41, 5.74) is 3.24. The predicted octanol–water partition coefficient (Wildman–Crippen LogP) is 5.25. The largest absolute Gasteiger partial charge is 0.505 e. The molecule has 2 aromatic carbocycles. The average Bonchev–Trinajstić information content (AvgIpc) is 2.79. The number of aromatic nitrogens is 2. The number of hydrogen-bond donors (Lipinski definition) is 2. The number of fused-ring (bicyclic) bond motifs is 1. The number of pyridine rings is 2. The number of phenols is 1. The number of phenolic OH excluding ortho intramolecular Hbond substituents is 1. The molecule has 0 bridgehead atoms. The molecule has 4 aromatic rings. The van der Waals surface area contributed by atoms with E-state index in [9.17, 15) is 5.11 Å². The molecular formula is C25H25N3O3. The highest BCUT2D eigenvalue weighted by Crippen LogP contribution is 2.39. The first-order chi connectivity index (χ1) is 15.1. The van der Waals surface area contributed by atoms with Gasteiger partial charge in [0.2, 0.25) is 0 Å². The summed E-state index contributed by atoms with van der Waals surface area (Å²) in [6.45, 7) is 4.49. The number of nitrogens with one attached hydrogen (secondary N) is 1. The summed E-state index contributed by atoms with van der Waals surface area (Å²) in [4.78, 5) is 8.82. The number of methoxy groups -OCH3 is 1. The van der Waals surface area contributed by atoms with Crippen molar-refractivity contribution < 1.29 is 14.6 Å². The smallest absolute Gasteiger partial charge is 0.161 e. The van der Waals surface area contributed by atoms with Crippen LogP contribution < -0.4 is 14.8 Å². The number of aryl methyl sites for hydroxylation is 1. The highest BCUT2D eigenvalue weighted by Gasteiger charge is 2.22. The van der Waals surface area contributed by atoms with E-state index in [2.05, 4.69) is 15.3 Å². The van der Waals surface area contributed by atoms with E-state index < -0.39 is 0 Å². The molecule has 6 nitrogen and oxygen atoms in total. The second-order valence-corrected chi connectivity index (χ2v) is 7.22. The van der Waals surface area contributed by atoms with Crippen molar-refractivity contribution in [1.29, 1.82) is 0 Å². The lowest BCUT2D eigenvalue weighted by Crippen LogP contribution is -2.14. The molecule has 158 valence electrons. The fourth-order valence-electron chi connectivity index (χ4n) is 3.62. The van der Waals surface area contributed by atoms with Crippen LogP contribution in [0, 0.1) is 6.92 Å². The van der Waals surface area contributed by atoms with Gasteiger partial charge in [-0.3, -0.25) is 4.98 Å². The lowest BCUT2D eigenvalue weighted by Gasteiger charge is -2.23. The van der Waals surface area contributed by atoms with E-state index in [0.29, 0.717) is 35.0 Å². The lowest BCUT2D eigenvalue weighted by atomic mass is 9.95. The maximum absolute atomic E-state index is 11.1. The highest BCUT2D eigenvalue weighted by molar-refractivity contribution is 5.86. The van der Waals surface area contributed by atoms with Crippen molar-refractivity contribution in [3.05, 3.63) is 83.7 Å². The second-order valence-electron chi connectivity index (χ2n) is 7.22. The SMILES string of the molecule is CCOc1ccc([C@@H](Nc2cc(C)ccn2)c2ccc3cccnc3c2O)cc1OC. The zero-order chi connectivity index (χ0) is 21.8. The summed E-state index contributed by atoms with van der Waals surface area (Å²) < 4.78 is 11.2. The molecule has 0 aliphatic heterocycles. The molecule has 0 unspecified atom stereocenters. The highest BCUT2D eigenvalue weighted by atomic mass is 16.5. The van der Waals surface area contributed by atoms with Crippen LogP contribution in [0.15, 0.2) is 67.0 Å². The van der Waals surface area contributed by atoms with Crippen LogP contribution in [0.5, 0.6) is 17.2 Å². The molecule has 0 saturated carbocycles. The van der Waals surface area contributed by atoms with Gasteiger partial charge in [0.15, 0.2) is 11.5 Å². The number of aromatic hydroxyl groups is 1. The van der Waals surface area contributed by atoms with Crippen molar-refractivity contribution in [1.82, 2.24) is 9.97 Å². The quantitative estimate of drug-likeness (QED) is 0.429. The van der Waals surface area contributed by atoms with Crippen LogP contribution in [0.4, 0.5) is 5.82 Å². The van der Waals surface area contributed by atoms with Crippen molar-refractivity contribution in [3.8, 4) is 17.2 Å². The summed E-state index contributed by atoms with van der Waals surface area (Å²) in [6.07, 6.45) is 3.44. The van der Waals surface area contributed by atoms with Crippen molar-refractivity contribution >= 4 is 16.7 Å². The molecule has 0 aliphatic rings. The molecule has 2 heterocycles. The van der Waals surface area contributed by atoms with Gasteiger partial charge in [-0.15, -0.1) is 0 Å². The molecule has 0 spiro atoms. The monoisotopic (exact) mass is 415 g/mol. The van der Waals surface area contributed by atoms with E-state index in [1.165, 1.54) is 0 Å². The van der Waals surface area contributed by atoms with Crippen molar-refractivity contribution in [3.63, 3.8) is 0 Å². The summed E-state index contributed by atoms with van der Waals surface area (Å²) in [7, 11) is 1.61. The van der Waals surface area contributed by atoms with Crippen molar-refractivity contribution in [2.45, 2.75) is 19.9 Å². The minimum absolute atomic E-state index is 0.135. The molecule has 4 rings (SSSR count). The molecule has 0 saturated heterocycles. The van der Waals surface area contributed by atoms with Crippen LogP contribution in [0.2, 0.25) is 0 Å². The van der Waals surface area contributed by atoms with Gasteiger partial charge in [0.05, 0.1) is 19.8 Å². The average molecular weight is 415 g/mol. The fraction of sp³-hybridized carbons (Fsp3) is 0.200. The Balaban J connectivity index is 1.85. The number of nitrogens with zero attached hydrogens (tertiary/aromatic N) is 2. The van der Waals surface area contributed by atoms with Crippen molar-refractivity contribution in [2.24, 2.45) is 0 Å². The van der Waals surface area contributed by atoms with Crippen LogP contribution in [-0.4, -0.2) is 28.8 Å². The summed E-state index contributed by atoms with van der Waals surface area (Å²) in [6, 6.07) is 16.9. The van der Waals surface area contributed by atoms with E-state index in [-0.39, 0.29) is 11.8 Å². The lowest BCUT2D eigenvalue weighted by molar-refractivity contribution is 0.310. The Morgan fingerprint density at radius 3 is 2.65 bits per heavy atom. The third-order valence-electron chi connectivity index (χ3n) is 5.12. The van der Waals surface area contributed by atoms with E-state index >= 15 is 0 Å². The van der Waals surface area contributed by atoms with Crippen molar-refractivity contribution in [2.75, 3.05) is 19.0 Å². The normalized spacial score (nSPS) is 11.8. The van der Waals surface area contributed by atoms with Crippen LogP contribution in [-0.2, 0) is 0 Å². The maximum atomic E-state index is 11.1. The fourth-order valence-corrected chi connectivity index (χ4v) is 3.62. The molecule has 2 aromatic heterocycles. The van der Waals surface area contributed by atoms with E-state index in [4.69, 9.17) is 9.47 Å². The molecule has 6 heteroatoms. The summed E-state index contributed by atoms with van der Waals surface area (Å²) in [5.74, 6) is 2.14. The Bertz CT molecular complexity index is 1210. The van der Waals surface area contributed by atoms with Gasteiger partial charge < -0.3 is 19.9 Å². The number of ether oxygens (including phenoxy) is 2. The van der Waals surface area contributed by atoms with Gasteiger partial charge in [-0.2, -0.15) is 0 Å². The molecule has 0 aliphatic carbocycles. The zero-order valence-electron chi connectivity index (χ0n) is 17.8. The van der Waals surface area contributed by atoms with Gasteiger partial charge in [-0.1, -0.05) is 24.3 Å². The maximum Gasteiger partial charge on any atom is 0.161 e. The molecule has 2 N–H and O–H groups in total. The Labute approximate surface area is 181 Å². The van der Waals surface area contributed by atoms with E-state index in [1.54, 1.807) is 19.5 Å². The van der Waals surface area contributed by atoms with Crippen LogP contribution >= 0.6 is 0 Å². The Kier molecular flexibility index (Phi) is 5.89. The molecule has 0 fully saturated rings. The van der Waals surface area contributed by atoms with Crippen LogP contribution in [0.25, 0.3) is 10.9 Å². The predicted molar refractivity (Wildman–Crippen MR) is 122 cm³/mol. The van der Waals surface area contributed by atoms with Crippen LogP contribution in [0.3, 0.4) is 0 Å². The van der Waals surface area contributed by atoms with Gasteiger partial charge in [0, 0.05) is 23.3 Å². The van der Waals surface area contributed by atoms with Gasteiger partial charge in [-0.25, -0.2) is 4.98 Å². The summed E-state index contributed by atoms with van der Waals surface area (Å²) >= 11 is 0. The van der Waals surface area contributed by atoms with E-state index in [0.717, 1.165) is 16.5 Å². The van der Waals surface area contributed by atoms with Gasteiger partial charge >= 0.3 is 0 Å². The van der Waals surface area contributed by atoms with Gasteiger partial charge in [0.25, 0.3) is 0 Å². The molecule has 31 heavy (non-hydrogen) atoms. The minimum Gasteiger partial charge on any atom is -0.505 e. The first-order valence-corrected chi connectivity index (χ1v) is 10.2. The molecular weight excluding hydrogens is 390 g/mol. The second kappa shape index (κ2) is 8.92. The van der Waals surface area contributed by atoms with Gasteiger partial charge in [0.1, 0.15) is 17.1 Å². The number of rotatable bonds is 7. The van der Waals surface area contributed by atoms with Gasteiger partial charge in [-0.05, 0) is 55.3 Å². The summed E-state index contributed by atoms with van der Waals surface area (Å²) in [5, 5.41) is 15.4. The third kappa shape index (κ3) is 4.23. The number of hydrogen-bond acceptors (Lipinski definition) is 6. The Morgan fingerprint density at radius 2 is 1.87 bits per heavy atom. The molecule has 1 atom stereocenters. The zero-order valence-corrected chi connectivity index (χ0v) is 17.8. The Hall–Kier alpha value is -3.80.